The molecule has 0 radical (unpaired) electrons. The van der Waals surface area contributed by atoms with Crippen molar-refractivity contribution in [2.24, 2.45) is 16.5 Å². The maximum absolute atomic E-state index is 12.0. The lowest BCUT2D eigenvalue weighted by Crippen LogP contribution is -2.24. The van der Waals surface area contributed by atoms with Gasteiger partial charge in [-0.3, -0.25) is 4.79 Å². The van der Waals surface area contributed by atoms with Gasteiger partial charge in [-0.2, -0.15) is 4.99 Å². The first-order valence-corrected chi connectivity index (χ1v) is 8.51. The van der Waals surface area contributed by atoms with Crippen LogP contribution < -0.4 is 11.5 Å². The van der Waals surface area contributed by atoms with Crippen LogP contribution >= 0.6 is 11.3 Å². The molecule has 0 spiro atoms. The Morgan fingerprint density at radius 1 is 1.28 bits per heavy atom. The normalized spacial score (nSPS) is 10.6. The number of hydrogen-bond donors (Lipinski definition) is 2. The minimum atomic E-state index is -0.460. The molecule has 0 fully saturated rings. The Hall–Kier alpha value is -3.00. The molecule has 25 heavy (non-hydrogen) atoms. The van der Waals surface area contributed by atoms with Crippen molar-refractivity contribution in [3.8, 4) is 10.6 Å². The summed E-state index contributed by atoms with van der Waals surface area (Å²) in [4.78, 5) is 24.5. The van der Waals surface area contributed by atoms with Crippen LogP contribution in [-0.2, 0) is 13.0 Å². The molecule has 1 amide bonds. The van der Waals surface area contributed by atoms with Crippen LogP contribution in [0.5, 0.6) is 0 Å². The molecule has 0 aliphatic heterocycles. The van der Waals surface area contributed by atoms with Crippen molar-refractivity contribution < 1.29 is 4.79 Å². The predicted molar refractivity (Wildman–Crippen MR) is 98.4 cm³/mol. The molecule has 2 aromatic heterocycles. The lowest BCUT2D eigenvalue weighted by molar-refractivity contribution is 0.101. The van der Waals surface area contributed by atoms with Crippen LogP contribution in [0.3, 0.4) is 0 Å². The number of rotatable bonds is 5. The summed E-state index contributed by atoms with van der Waals surface area (Å²) in [5.74, 6) is -0.709. The number of benzene rings is 1. The highest BCUT2D eigenvalue weighted by molar-refractivity contribution is 7.17. The fraction of sp³-hybridized carbons (Fsp3) is 0.176. The number of aromatic nitrogens is 3. The number of imidazole rings is 1. The average Bonchev–Trinajstić information content (AvgIpc) is 3.22. The summed E-state index contributed by atoms with van der Waals surface area (Å²) in [6, 6.07) is 8.16. The van der Waals surface area contributed by atoms with Gasteiger partial charge in [-0.1, -0.05) is 24.3 Å². The summed E-state index contributed by atoms with van der Waals surface area (Å²) in [5, 5.41) is 0.771. The monoisotopic (exact) mass is 354 g/mol. The number of carbonyl (C=O) groups is 1. The lowest BCUT2D eigenvalue weighted by atomic mass is 10.1. The van der Waals surface area contributed by atoms with Gasteiger partial charge < -0.3 is 16.0 Å². The van der Waals surface area contributed by atoms with Gasteiger partial charge in [0.2, 0.25) is 0 Å². The summed E-state index contributed by atoms with van der Waals surface area (Å²) >= 11 is 1.29. The first-order valence-electron chi connectivity index (χ1n) is 7.69. The molecule has 0 bridgehead atoms. The van der Waals surface area contributed by atoms with Crippen LogP contribution in [0.2, 0.25) is 0 Å². The molecule has 0 saturated carbocycles. The van der Waals surface area contributed by atoms with Gasteiger partial charge in [-0.25, -0.2) is 9.97 Å². The maximum atomic E-state index is 12.0. The maximum Gasteiger partial charge on any atom is 0.292 e. The Labute approximate surface area is 149 Å². The second-order valence-electron chi connectivity index (χ2n) is 5.52. The van der Waals surface area contributed by atoms with Crippen LogP contribution in [0.25, 0.3) is 10.6 Å². The van der Waals surface area contributed by atoms with E-state index in [0.29, 0.717) is 10.6 Å². The SMILES string of the molecule is Cc1nc(-c2ccc(CCn3ccnc3)cc2)sc1C(=O)N=C(N)N. The number of guanidine groups is 1. The zero-order valence-electron chi connectivity index (χ0n) is 13.7. The van der Waals surface area contributed by atoms with Crippen molar-refractivity contribution in [2.75, 3.05) is 0 Å². The average molecular weight is 354 g/mol. The molecule has 4 N–H and O–H groups in total. The number of hydrogen-bond acceptors (Lipinski definition) is 4. The van der Waals surface area contributed by atoms with E-state index in [2.05, 4.69) is 27.1 Å². The molecule has 128 valence electrons. The van der Waals surface area contributed by atoms with Crippen LogP contribution in [0, 0.1) is 6.92 Å². The number of amides is 1. The summed E-state index contributed by atoms with van der Waals surface area (Å²) in [6.07, 6.45) is 6.44. The zero-order chi connectivity index (χ0) is 17.8. The van der Waals surface area contributed by atoms with E-state index in [-0.39, 0.29) is 5.96 Å². The molecule has 7 nitrogen and oxygen atoms in total. The quantitative estimate of drug-likeness (QED) is 0.537. The van der Waals surface area contributed by atoms with Crippen molar-refractivity contribution >= 4 is 23.2 Å². The molecular formula is C17H18N6OS. The molecular weight excluding hydrogens is 336 g/mol. The fourth-order valence-corrected chi connectivity index (χ4v) is 3.33. The molecule has 0 atom stereocenters. The standard InChI is InChI=1S/C17H18N6OS/c1-11-14(15(24)22-17(18)19)25-16(21-11)13-4-2-12(3-5-13)6-8-23-9-7-20-10-23/h2-5,7,9-10H,6,8H2,1H3,(H4,18,19,22,24). The molecule has 0 aliphatic rings. The molecule has 8 heteroatoms. The van der Waals surface area contributed by atoms with Crippen LogP contribution in [0.4, 0.5) is 0 Å². The Morgan fingerprint density at radius 3 is 2.68 bits per heavy atom. The summed E-state index contributed by atoms with van der Waals surface area (Å²) < 4.78 is 2.04. The number of nitrogens with zero attached hydrogens (tertiary/aromatic N) is 4. The van der Waals surface area contributed by atoms with Gasteiger partial charge in [0.1, 0.15) is 9.88 Å². The Bertz CT molecular complexity index is 892. The Balaban J connectivity index is 1.74. The molecule has 0 aliphatic carbocycles. The van der Waals surface area contributed by atoms with Gasteiger partial charge in [-0.05, 0) is 18.9 Å². The Kier molecular flexibility index (Phi) is 4.90. The highest BCUT2D eigenvalue weighted by Gasteiger charge is 2.16. The number of thiazole rings is 1. The van der Waals surface area contributed by atoms with Crippen molar-refractivity contribution in [2.45, 2.75) is 19.9 Å². The van der Waals surface area contributed by atoms with E-state index >= 15 is 0 Å². The molecule has 3 rings (SSSR count). The largest absolute Gasteiger partial charge is 0.370 e. The van der Waals surface area contributed by atoms with Crippen molar-refractivity contribution in [1.82, 2.24) is 14.5 Å². The minimum absolute atomic E-state index is 0.249. The van der Waals surface area contributed by atoms with Crippen molar-refractivity contribution in [3.05, 3.63) is 59.1 Å². The van der Waals surface area contributed by atoms with E-state index in [1.807, 2.05) is 29.2 Å². The number of carbonyl (C=O) groups excluding carboxylic acids is 1. The van der Waals surface area contributed by atoms with Crippen LogP contribution in [0.1, 0.15) is 20.9 Å². The predicted octanol–water partition coefficient (Wildman–Crippen LogP) is 1.97. The third-order valence-electron chi connectivity index (χ3n) is 3.64. The van der Waals surface area contributed by atoms with Crippen molar-refractivity contribution in [3.63, 3.8) is 0 Å². The number of aliphatic imine (C=N–C) groups is 1. The van der Waals surface area contributed by atoms with Gasteiger partial charge >= 0.3 is 0 Å². The highest BCUT2D eigenvalue weighted by atomic mass is 32.1. The zero-order valence-corrected chi connectivity index (χ0v) is 14.5. The van der Waals surface area contributed by atoms with Gasteiger partial charge in [0.05, 0.1) is 12.0 Å². The molecule has 0 unspecified atom stereocenters. The number of nitrogens with two attached hydrogens (primary N) is 2. The molecule has 2 heterocycles. The smallest absolute Gasteiger partial charge is 0.292 e. The fourth-order valence-electron chi connectivity index (χ4n) is 2.38. The first-order chi connectivity index (χ1) is 12.0. The summed E-state index contributed by atoms with van der Waals surface area (Å²) in [5.41, 5.74) is 13.3. The second-order valence-corrected chi connectivity index (χ2v) is 6.52. The first kappa shape index (κ1) is 16.8. The third-order valence-corrected chi connectivity index (χ3v) is 4.83. The van der Waals surface area contributed by atoms with Gasteiger partial charge in [0.25, 0.3) is 5.91 Å². The van der Waals surface area contributed by atoms with Gasteiger partial charge in [0, 0.05) is 24.5 Å². The number of aryl methyl sites for hydroxylation is 3. The van der Waals surface area contributed by atoms with E-state index < -0.39 is 5.91 Å². The van der Waals surface area contributed by atoms with Crippen molar-refractivity contribution in [1.29, 1.82) is 0 Å². The van der Waals surface area contributed by atoms with Crippen LogP contribution in [-0.4, -0.2) is 26.4 Å². The topological polar surface area (TPSA) is 112 Å². The van der Waals surface area contributed by atoms with E-state index in [9.17, 15) is 4.79 Å². The molecule has 0 saturated heterocycles. The Morgan fingerprint density at radius 2 is 2.04 bits per heavy atom. The van der Waals surface area contributed by atoms with E-state index in [4.69, 9.17) is 11.5 Å². The summed E-state index contributed by atoms with van der Waals surface area (Å²) in [6.45, 7) is 2.65. The van der Waals surface area contributed by atoms with E-state index in [0.717, 1.165) is 23.5 Å². The van der Waals surface area contributed by atoms with Gasteiger partial charge in [0.15, 0.2) is 5.96 Å². The van der Waals surface area contributed by atoms with Gasteiger partial charge in [-0.15, -0.1) is 11.3 Å². The highest BCUT2D eigenvalue weighted by Crippen LogP contribution is 2.28. The second kappa shape index (κ2) is 7.27. The van der Waals surface area contributed by atoms with E-state index in [1.165, 1.54) is 16.9 Å². The third kappa shape index (κ3) is 4.10. The lowest BCUT2D eigenvalue weighted by Gasteiger charge is -2.03. The van der Waals surface area contributed by atoms with Crippen LogP contribution in [0.15, 0.2) is 48.0 Å². The molecule has 1 aromatic carbocycles. The summed E-state index contributed by atoms with van der Waals surface area (Å²) in [7, 11) is 0. The minimum Gasteiger partial charge on any atom is -0.370 e. The molecule has 3 aromatic rings. The van der Waals surface area contributed by atoms with E-state index in [1.54, 1.807) is 13.1 Å².